The fourth-order valence-electron chi connectivity index (χ4n) is 1.20. The molecule has 44 valence electrons. The fourth-order valence-corrected chi connectivity index (χ4v) is 1.20. The molecule has 1 fully saturated rings. The van der Waals surface area contributed by atoms with Crippen LogP contribution in [0.2, 0.25) is 0 Å². The summed E-state index contributed by atoms with van der Waals surface area (Å²) in [5, 5.41) is 8.42. The summed E-state index contributed by atoms with van der Waals surface area (Å²) in [6.07, 6.45) is 1.12. The Morgan fingerprint density at radius 1 is 1.50 bits per heavy atom. The van der Waals surface area contributed by atoms with Crippen molar-refractivity contribution in [3.8, 4) is 6.07 Å². The summed E-state index contributed by atoms with van der Waals surface area (Å²) in [5.41, 5.74) is 0. The zero-order valence-electron chi connectivity index (χ0n) is 5.39. The molecule has 0 amide bonds. The molecule has 0 aromatic rings. The molecule has 1 nitrogen and oxygen atoms in total. The average Bonchev–Trinajstić information content (AvgIpc) is 1.81. The van der Waals surface area contributed by atoms with Gasteiger partial charge in [0.15, 0.2) is 0 Å². The molecule has 3 atom stereocenters. The average molecular weight is 109 g/mol. The van der Waals surface area contributed by atoms with Gasteiger partial charge in [-0.25, -0.2) is 0 Å². The maximum atomic E-state index is 8.42. The fraction of sp³-hybridized carbons (Fsp3) is 0.857. The lowest BCUT2D eigenvalue weighted by Crippen LogP contribution is -2.30. The van der Waals surface area contributed by atoms with Crippen molar-refractivity contribution in [2.45, 2.75) is 20.3 Å². The first-order valence-corrected chi connectivity index (χ1v) is 3.15. The van der Waals surface area contributed by atoms with Gasteiger partial charge in [-0.1, -0.05) is 13.8 Å². The topological polar surface area (TPSA) is 23.8 Å². The standard InChI is InChI=1S/C7H11N/c1-5-3-7(4-8)6(5)2/h5-7H,3H2,1-2H3. The smallest absolute Gasteiger partial charge is 0.0658 e. The summed E-state index contributed by atoms with van der Waals surface area (Å²) < 4.78 is 0. The molecule has 1 aliphatic rings. The predicted octanol–water partition coefficient (Wildman–Crippen LogP) is 1.80. The first-order chi connectivity index (χ1) is 3.75. The molecular weight excluding hydrogens is 98.1 g/mol. The van der Waals surface area contributed by atoms with E-state index in [0.29, 0.717) is 11.8 Å². The Morgan fingerprint density at radius 3 is 2.25 bits per heavy atom. The van der Waals surface area contributed by atoms with Crippen LogP contribution in [0.4, 0.5) is 0 Å². The Hall–Kier alpha value is -0.510. The molecule has 3 unspecified atom stereocenters. The maximum Gasteiger partial charge on any atom is 0.0658 e. The highest BCUT2D eigenvalue weighted by molar-refractivity contribution is 4.96. The van der Waals surface area contributed by atoms with E-state index in [2.05, 4.69) is 19.9 Å². The van der Waals surface area contributed by atoms with Crippen molar-refractivity contribution < 1.29 is 0 Å². The van der Waals surface area contributed by atoms with Crippen LogP contribution in [0.25, 0.3) is 0 Å². The van der Waals surface area contributed by atoms with Crippen LogP contribution < -0.4 is 0 Å². The normalized spacial score (nSPS) is 44.9. The van der Waals surface area contributed by atoms with Crippen molar-refractivity contribution in [2.75, 3.05) is 0 Å². The lowest BCUT2D eigenvalue weighted by atomic mass is 9.67. The third-order valence-electron chi connectivity index (χ3n) is 2.32. The summed E-state index contributed by atoms with van der Waals surface area (Å²) in [5.74, 6) is 1.81. The van der Waals surface area contributed by atoms with Crippen LogP contribution in [-0.2, 0) is 0 Å². The van der Waals surface area contributed by atoms with Crippen molar-refractivity contribution in [3.05, 3.63) is 0 Å². The lowest BCUT2D eigenvalue weighted by Gasteiger charge is -2.35. The van der Waals surface area contributed by atoms with E-state index in [0.717, 1.165) is 12.3 Å². The molecule has 0 radical (unpaired) electrons. The van der Waals surface area contributed by atoms with E-state index >= 15 is 0 Å². The van der Waals surface area contributed by atoms with Gasteiger partial charge in [-0.15, -0.1) is 0 Å². The summed E-state index contributed by atoms with van der Waals surface area (Å²) in [6, 6.07) is 2.28. The molecular formula is C7H11N. The van der Waals surface area contributed by atoms with E-state index in [1.54, 1.807) is 0 Å². The van der Waals surface area contributed by atoms with E-state index < -0.39 is 0 Å². The molecule has 0 aromatic heterocycles. The van der Waals surface area contributed by atoms with Gasteiger partial charge in [-0.05, 0) is 18.3 Å². The largest absolute Gasteiger partial charge is 0.198 e. The van der Waals surface area contributed by atoms with Gasteiger partial charge in [0, 0.05) is 5.92 Å². The van der Waals surface area contributed by atoms with Crippen LogP contribution in [0.5, 0.6) is 0 Å². The monoisotopic (exact) mass is 109 g/mol. The Kier molecular flexibility index (Phi) is 1.25. The van der Waals surface area contributed by atoms with Gasteiger partial charge in [0.25, 0.3) is 0 Å². The van der Waals surface area contributed by atoms with E-state index in [1.165, 1.54) is 0 Å². The van der Waals surface area contributed by atoms with Gasteiger partial charge in [-0.3, -0.25) is 0 Å². The lowest BCUT2D eigenvalue weighted by molar-refractivity contribution is 0.151. The van der Waals surface area contributed by atoms with E-state index in [4.69, 9.17) is 5.26 Å². The second-order valence-electron chi connectivity index (χ2n) is 2.81. The highest BCUT2D eigenvalue weighted by Gasteiger charge is 2.33. The molecule has 0 bridgehead atoms. The molecule has 1 rings (SSSR count). The van der Waals surface area contributed by atoms with Gasteiger partial charge in [0.1, 0.15) is 0 Å². The number of hydrogen-bond donors (Lipinski definition) is 0. The van der Waals surface area contributed by atoms with Crippen LogP contribution in [0.1, 0.15) is 20.3 Å². The molecule has 0 spiro atoms. The first kappa shape index (κ1) is 5.62. The molecule has 0 saturated heterocycles. The highest BCUT2D eigenvalue weighted by Crippen LogP contribution is 2.38. The van der Waals surface area contributed by atoms with Gasteiger partial charge in [-0.2, -0.15) is 5.26 Å². The number of rotatable bonds is 0. The zero-order valence-corrected chi connectivity index (χ0v) is 5.39. The van der Waals surface area contributed by atoms with Crippen molar-refractivity contribution in [1.29, 1.82) is 5.26 Å². The Labute approximate surface area is 50.3 Å². The predicted molar refractivity (Wildman–Crippen MR) is 32.0 cm³/mol. The third kappa shape index (κ3) is 0.608. The third-order valence-corrected chi connectivity index (χ3v) is 2.32. The Balaban J connectivity index is 2.39. The van der Waals surface area contributed by atoms with Gasteiger partial charge in [0.05, 0.1) is 6.07 Å². The van der Waals surface area contributed by atoms with Gasteiger partial charge < -0.3 is 0 Å². The van der Waals surface area contributed by atoms with Crippen molar-refractivity contribution >= 4 is 0 Å². The van der Waals surface area contributed by atoms with E-state index in [1.807, 2.05) is 0 Å². The highest BCUT2D eigenvalue weighted by atomic mass is 14.4. The molecule has 1 heteroatoms. The molecule has 8 heavy (non-hydrogen) atoms. The molecule has 0 heterocycles. The molecule has 0 aliphatic heterocycles. The molecule has 0 N–H and O–H groups in total. The summed E-state index contributed by atoms with van der Waals surface area (Å²) in [7, 11) is 0. The summed E-state index contributed by atoms with van der Waals surface area (Å²) >= 11 is 0. The zero-order chi connectivity index (χ0) is 6.15. The molecule has 1 saturated carbocycles. The number of nitriles is 1. The van der Waals surface area contributed by atoms with Crippen molar-refractivity contribution in [3.63, 3.8) is 0 Å². The van der Waals surface area contributed by atoms with Gasteiger partial charge in [0.2, 0.25) is 0 Å². The minimum atomic E-state index is 0.366. The van der Waals surface area contributed by atoms with Crippen LogP contribution in [0.3, 0.4) is 0 Å². The Morgan fingerprint density at radius 2 is 2.12 bits per heavy atom. The molecule has 0 aromatic carbocycles. The van der Waals surface area contributed by atoms with Gasteiger partial charge >= 0.3 is 0 Å². The number of nitrogens with zero attached hydrogens (tertiary/aromatic N) is 1. The quantitative estimate of drug-likeness (QED) is 0.465. The maximum absolute atomic E-state index is 8.42. The molecule has 1 aliphatic carbocycles. The van der Waals surface area contributed by atoms with E-state index in [-0.39, 0.29) is 0 Å². The van der Waals surface area contributed by atoms with E-state index in [9.17, 15) is 0 Å². The number of hydrogen-bond acceptors (Lipinski definition) is 1. The SMILES string of the molecule is CC1CC(C#N)C1C. The Bertz CT molecular complexity index is 123. The van der Waals surface area contributed by atoms with Crippen LogP contribution >= 0.6 is 0 Å². The summed E-state index contributed by atoms with van der Waals surface area (Å²) in [4.78, 5) is 0. The van der Waals surface area contributed by atoms with Crippen LogP contribution in [-0.4, -0.2) is 0 Å². The minimum Gasteiger partial charge on any atom is -0.198 e. The minimum absolute atomic E-state index is 0.366. The first-order valence-electron chi connectivity index (χ1n) is 3.15. The summed E-state index contributed by atoms with van der Waals surface area (Å²) in [6.45, 7) is 4.36. The van der Waals surface area contributed by atoms with Crippen molar-refractivity contribution in [1.82, 2.24) is 0 Å². The van der Waals surface area contributed by atoms with Crippen molar-refractivity contribution in [2.24, 2.45) is 17.8 Å². The second-order valence-corrected chi connectivity index (χ2v) is 2.81. The van der Waals surface area contributed by atoms with Crippen LogP contribution in [0.15, 0.2) is 0 Å². The second kappa shape index (κ2) is 1.78. The van der Waals surface area contributed by atoms with Crippen LogP contribution in [0, 0.1) is 29.1 Å².